The van der Waals surface area contributed by atoms with Crippen LogP contribution in [0.3, 0.4) is 0 Å². The molecule has 0 aliphatic carbocycles. The van der Waals surface area contributed by atoms with Gasteiger partial charge in [-0.3, -0.25) is 4.79 Å². The fraction of sp³-hybridized carbons (Fsp3) is 0.333. The van der Waals surface area contributed by atoms with Crippen molar-refractivity contribution in [2.45, 2.75) is 38.0 Å². The van der Waals surface area contributed by atoms with E-state index in [9.17, 15) is 13.2 Å². The van der Waals surface area contributed by atoms with Gasteiger partial charge in [-0.1, -0.05) is 49.7 Å². The molecule has 29 heavy (non-hydrogen) atoms. The molecule has 2 aromatic rings. The van der Waals surface area contributed by atoms with Gasteiger partial charge < -0.3 is 10.6 Å². The number of hydrogen-bond donors (Lipinski definition) is 2. The molecule has 1 heterocycles. The average molecular weight is 434 g/mol. The van der Waals surface area contributed by atoms with Gasteiger partial charge in [0.25, 0.3) is 10.0 Å². The molecular formula is C21H24ClN3O3S. The van der Waals surface area contributed by atoms with Gasteiger partial charge >= 0.3 is 0 Å². The molecule has 0 aromatic heterocycles. The fourth-order valence-electron chi connectivity index (χ4n) is 3.25. The lowest BCUT2D eigenvalue weighted by molar-refractivity contribution is -0.122. The number of fused-ring (bicyclic) bond motifs is 1. The number of halogens is 1. The lowest BCUT2D eigenvalue weighted by Crippen LogP contribution is -2.33. The van der Waals surface area contributed by atoms with E-state index in [1.165, 1.54) is 6.07 Å². The molecular weight excluding hydrogens is 410 g/mol. The van der Waals surface area contributed by atoms with E-state index < -0.39 is 15.4 Å². The van der Waals surface area contributed by atoms with Gasteiger partial charge in [-0.2, -0.15) is 8.42 Å². The highest BCUT2D eigenvalue weighted by molar-refractivity contribution is 7.90. The predicted molar refractivity (Wildman–Crippen MR) is 116 cm³/mol. The molecule has 154 valence electrons. The van der Waals surface area contributed by atoms with Gasteiger partial charge in [-0.15, -0.1) is 4.40 Å². The van der Waals surface area contributed by atoms with Crippen LogP contribution < -0.4 is 10.6 Å². The number of nitrogens with zero attached hydrogens (tertiary/aromatic N) is 1. The maximum Gasteiger partial charge on any atom is 0.286 e. The number of anilines is 1. The first-order valence-electron chi connectivity index (χ1n) is 9.36. The Morgan fingerprint density at radius 3 is 2.55 bits per heavy atom. The summed E-state index contributed by atoms with van der Waals surface area (Å²) in [7, 11) is -3.72. The molecule has 0 fully saturated rings. The van der Waals surface area contributed by atoms with Crippen LogP contribution in [0.4, 0.5) is 5.69 Å². The third-order valence-corrected chi connectivity index (χ3v) is 6.23. The van der Waals surface area contributed by atoms with Crippen molar-refractivity contribution >= 4 is 39.1 Å². The first kappa shape index (κ1) is 21.3. The van der Waals surface area contributed by atoms with E-state index in [1.807, 2.05) is 38.1 Å². The van der Waals surface area contributed by atoms with Crippen LogP contribution in [0.1, 0.15) is 32.3 Å². The molecule has 8 heteroatoms. The summed E-state index contributed by atoms with van der Waals surface area (Å²) in [5.41, 5.74) is 1.15. The van der Waals surface area contributed by atoms with Gasteiger partial charge in [0, 0.05) is 24.4 Å². The lowest BCUT2D eigenvalue weighted by Gasteiger charge is -2.27. The molecule has 0 saturated carbocycles. The Bertz CT molecular complexity index is 1030. The second kappa shape index (κ2) is 8.55. The Balaban J connectivity index is 1.55. The van der Waals surface area contributed by atoms with Crippen molar-refractivity contribution in [1.82, 2.24) is 5.32 Å². The quantitative estimate of drug-likeness (QED) is 0.690. The van der Waals surface area contributed by atoms with E-state index in [2.05, 4.69) is 15.0 Å². The smallest absolute Gasteiger partial charge is 0.286 e. The van der Waals surface area contributed by atoms with Gasteiger partial charge in [0.05, 0.1) is 5.69 Å². The van der Waals surface area contributed by atoms with Crippen molar-refractivity contribution in [3.8, 4) is 0 Å². The van der Waals surface area contributed by atoms with Crippen LogP contribution in [0.15, 0.2) is 57.8 Å². The fourth-order valence-corrected chi connectivity index (χ4v) is 4.53. The van der Waals surface area contributed by atoms with E-state index in [4.69, 9.17) is 11.6 Å². The molecule has 3 rings (SSSR count). The number of rotatable bonds is 7. The normalized spacial score (nSPS) is 15.1. The summed E-state index contributed by atoms with van der Waals surface area (Å²) < 4.78 is 28.6. The Labute approximate surface area is 176 Å². The molecule has 0 atom stereocenters. The third-order valence-electron chi connectivity index (χ3n) is 4.61. The second-order valence-electron chi connectivity index (χ2n) is 7.88. The van der Waals surface area contributed by atoms with Crippen molar-refractivity contribution in [2.24, 2.45) is 9.81 Å². The van der Waals surface area contributed by atoms with Crippen molar-refractivity contribution < 1.29 is 13.2 Å². The number of hydrogen-bond acceptors (Lipinski definition) is 4. The SMILES string of the molecule is CC(C)(CC(=O)NCCc1ccc(Cl)cc1)CC1=NS(=O)(=O)c2ccccc2N1. The van der Waals surface area contributed by atoms with Crippen LogP contribution in [-0.4, -0.2) is 26.7 Å². The lowest BCUT2D eigenvalue weighted by atomic mass is 9.84. The molecule has 2 N–H and O–H groups in total. The standard InChI is InChI=1S/C21H24ClN3O3S/c1-21(2,14-20(26)23-12-11-15-7-9-16(22)10-8-15)13-19-24-17-5-3-4-6-18(17)29(27,28)25-19/h3-10H,11-14H2,1-2H3,(H,23,26)(H,24,25). The van der Waals surface area contributed by atoms with Crippen LogP contribution in [-0.2, 0) is 21.2 Å². The van der Waals surface area contributed by atoms with E-state index in [0.717, 1.165) is 5.56 Å². The minimum Gasteiger partial charge on any atom is -0.356 e. The number of carbonyl (C=O) groups excluding carboxylic acids is 1. The minimum atomic E-state index is -3.72. The molecule has 0 spiro atoms. The summed E-state index contributed by atoms with van der Waals surface area (Å²) in [6.07, 6.45) is 1.31. The van der Waals surface area contributed by atoms with Gasteiger partial charge in [0.2, 0.25) is 5.91 Å². The largest absolute Gasteiger partial charge is 0.356 e. The van der Waals surface area contributed by atoms with Crippen LogP contribution in [0.2, 0.25) is 5.02 Å². The molecule has 1 amide bonds. The molecule has 0 unspecified atom stereocenters. The van der Waals surface area contributed by atoms with Crippen molar-refractivity contribution in [3.05, 3.63) is 59.1 Å². The summed E-state index contributed by atoms with van der Waals surface area (Å²) in [6, 6.07) is 14.2. The Morgan fingerprint density at radius 2 is 1.83 bits per heavy atom. The van der Waals surface area contributed by atoms with Gasteiger partial charge in [0.1, 0.15) is 10.7 Å². The van der Waals surface area contributed by atoms with E-state index in [-0.39, 0.29) is 17.2 Å². The van der Waals surface area contributed by atoms with E-state index >= 15 is 0 Å². The maximum atomic E-state index is 12.4. The van der Waals surface area contributed by atoms with E-state index in [0.29, 0.717) is 35.9 Å². The van der Waals surface area contributed by atoms with Gasteiger partial charge in [-0.05, 0) is 41.7 Å². The molecule has 0 saturated heterocycles. The summed E-state index contributed by atoms with van der Waals surface area (Å²) in [4.78, 5) is 12.5. The number of nitrogens with one attached hydrogen (secondary N) is 2. The maximum absolute atomic E-state index is 12.4. The Hall–Kier alpha value is -2.38. The van der Waals surface area contributed by atoms with Gasteiger partial charge in [0.15, 0.2) is 0 Å². The Morgan fingerprint density at radius 1 is 1.14 bits per heavy atom. The van der Waals surface area contributed by atoms with Crippen LogP contribution in [0.25, 0.3) is 0 Å². The number of para-hydroxylation sites is 1. The zero-order valence-electron chi connectivity index (χ0n) is 16.4. The Kier molecular flexibility index (Phi) is 6.29. The number of benzene rings is 2. The molecule has 2 aromatic carbocycles. The average Bonchev–Trinajstić information content (AvgIpc) is 2.62. The summed E-state index contributed by atoms with van der Waals surface area (Å²) in [5, 5.41) is 6.68. The highest BCUT2D eigenvalue weighted by Crippen LogP contribution is 2.31. The summed E-state index contributed by atoms with van der Waals surface area (Å²) in [6.45, 7) is 4.36. The molecule has 0 bridgehead atoms. The highest BCUT2D eigenvalue weighted by Gasteiger charge is 2.29. The molecule has 1 aliphatic rings. The number of amides is 1. The third kappa shape index (κ3) is 5.81. The van der Waals surface area contributed by atoms with Crippen molar-refractivity contribution in [3.63, 3.8) is 0 Å². The zero-order chi connectivity index (χ0) is 21.1. The predicted octanol–water partition coefficient (Wildman–Crippen LogP) is 4.02. The minimum absolute atomic E-state index is 0.0800. The monoisotopic (exact) mass is 433 g/mol. The van der Waals surface area contributed by atoms with Crippen molar-refractivity contribution in [2.75, 3.05) is 11.9 Å². The highest BCUT2D eigenvalue weighted by atomic mass is 35.5. The number of carbonyl (C=O) groups is 1. The van der Waals surface area contributed by atoms with Crippen LogP contribution in [0.5, 0.6) is 0 Å². The van der Waals surface area contributed by atoms with Crippen LogP contribution >= 0.6 is 11.6 Å². The van der Waals surface area contributed by atoms with Gasteiger partial charge in [-0.25, -0.2) is 0 Å². The first-order chi connectivity index (χ1) is 13.6. The first-order valence-corrected chi connectivity index (χ1v) is 11.2. The summed E-state index contributed by atoms with van der Waals surface area (Å²) >= 11 is 5.87. The molecule has 6 nitrogen and oxygen atoms in total. The van der Waals surface area contributed by atoms with Crippen molar-refractivity contribution in [1.29, 1.82) is 0 Å². The molecule has 1 aliphatic heterocycles. The number of amidine groups is 1. The second-order valence-corrected chi connectivity index (χ2v) is 9.89. The summed E-state index contributed by atoms with van der Waals surface area (Å²) in [5.74, 6) is 0.270. The topological polar surface area (TPSA) is 87.6 Å². The number of sulfonamides is 1. The van der Waals surface area contributed by atoms with Crippen LogP contribution in [0, 0.1) is 5.41 Å². The zero-order valence-corrected chi connectivity index (χ0v) is 18.0. The molecule has 0 radical (unpaired) electrons. The van der Waals surface area contributed by atoms with E-state index in [1.54, 1.807) is 18.2 Å².